The Hall–Kier alpha value is -9.32. The van der Waals surface area contributed by atoms with Gasteiger partial charge in [-0.15, -0.1) is 0 Å². The number of nitrogens with zero attached hydrogens (tertiary/aromatic N) is 2. The lowest BCUT2D eigenvalue weighted by Gasteiger charge is -2.37. The Kier molecular flexibility index (Phi) is 26.5. The van der Waals surface area contributed by atoms with Gasteiger partial charge < -0.3 is 77.9 Å². The second-order valence-electron chi connectivity index (χ2n) is 26.9. The van der Waals surface area contributed by atoms with Crippen molar-refractivity contribution in [2.45, 2.75) is 169 Å². The van der Waals surface area contributed by atoms with E-state index in [0.29, 0.717) is 100 Å². The lowest BCUT2D eigenvalue weighted by atomic mass is 9.95. The summed E-state index contributed by atoms with van der Waals surface area (Å²) in [5, 5.41) is 20.6. The molecule has 10 atom stereocenters. The molecule has 103 heavy (non-hydrogen) atoms. The minimum Gasteiger partial charge on any atom is -0.497 e. The van der Waals surface area contributed by atoms with E-state index < -0.39 is 131 Å². The highest BCUT2D eigenvalue weighted by Gasteiger charge is 2.49. The molecule has 2 saturated heterocycles. The number of halogens is 2. The van der Waals surface area contributed by atoms with E-state index in [2.05, 4.69) is 47.2 Å². The van der Waals surface area contributed by atoms with Crippen molar-refractivity contribution < 1.29 is 66.2 Å². The number of carbonyl (C=O) groups excluding carboxylic acids is 10. The summed E-state index contributed by atoms with van der Waals surface area (Å²) < 4.78 is 41.9. The lowest BCUT2D eigenvalue weighted by molar-refractivity contribution is -0.147. The fourth-order valence-electron chi connectivity index (χ4n) is 13.6. The van der Waals surface area contributed by atoms with Gasteiger partial charge in [0.05, 0.1) is 19.8 Å². The number of carbonyl (C=O) groups is 10. The summed E-state index contributed by atoms with van der Waals surface area (Å²) in [6.07, 6.45) is 7.96. The van der Waals surface area contributed by atoms with E-state index >= 15 is 32.8 Å². The normalized spacial score (nSPS) is 25.8. The van der Waals surface area contributed by atoms with E-state index in [1.54, 1.807) is 49.7 Å². The van der Waals surface area contributed by atoms with Gasteiger partial charge in [-0.3, -0.25) is 47.9 Å². The van der Waals surface area contributed by atoms with E-state index in [9.17, 15) is 24.0 Å². The number of methoxy groups -OCH3 is 1. The van der Waals surface area contributed by atoms with Crippen molar-refractivity contribution >= 4 is 104 Å². The molecule has 6 aromatic rings. The molecule has 0 aliphatic carbocycles. The summed E-state index contributed by atoms with van der Waals surface area (Å²) in [4.78, 5) is 156. The number of allylic oxidation sites excluding steroid dienone is 1. The molecule has 6 heterocycles. The van der Waals surface area contributed by atoms with Crippen molar-refractivity contribution in [2.75, 3.05) is 44.9 Å². The number of thioether (sulfide) groups is 2. The van der Waals surface area contributed by atoms with Gasteiger partial charge in [-0.05, 0) is 148 Å². The Labute approximate surface area is 604 Å². The van der Waals surface area contributed by atoms with E-state index in [0.717, 1.165) is 11.1 Å². The molecule has 29 heteroatoms. The third kappa shape index (κ3) is 19.9. The van der Waals surface area contributed by atoms with Crippen LogP contribution in [0.25, 0.3) is 21.8 Å². The molecule has 2 fully saturated rings. The molecule has 0 unspecified atom stereocenters. The van der Waals surface area contributed by atoms with Crippen molar-refractivity contribution in [1.29, 1.82) is 0 Å². The molecule has 0 spiro atoms. The van der Waals surface area contributed by atoms with Crippen LogP contribution in [-0.4, -0.2) is 184 Å². The maximum Gasteiger partial charge on any atom is 0.246 e. The van der Waals surface area contributed by atoms with Crippen molar-refractivity contribution in [3.63, 3.8) is 0 Å². The van der Waals surface area contributed by atoms with E-state index in [1.165, 1.54) is 83.8 Å². The summed E-state index contributed by atoms with van der Waals surface area (Å²) in [6, 6.07) is 12.0. The van der Waals surface area contributed by atoms with E-state index in [1.807, 2.05) is 30.3 Å². The molecular weight excluding hydrogens is 1370 g/mol. The first-order chi connectivity index (χ1) is 49.6. The van der Waals surface area contributed by atoms with Gasteiger partial charge in [0.25, 0.3) is 0 Å². The second kappa shape index (κ2) is 35.7. The number of aromatic nitrogens is 2. The van der Waals surface area contributed by atoms with Crippen LogP contribution in [0.3, 0.4) is 0 Å². The minimum atomic E-state index is -1.58. The predicted octanol–water partition coefficient (Wildman–Crippen LogP) is 4.67. The summed E-state index contributed by atoms with van der Waals surface area (Å²) >= 11 is 2.87. The number of aromatic amines is 2. The van der Waals surface area contributed by atoms with Crippen molar-refractivity contribution in [2.24, 2.45) is 11.5 Å². The zero-order valence-electron chi connectivity index (χ0n) is 58.0. The summed E-state index contributed by atoms with van der Waals surface area (Å²) in [5.41, 5.74) is 14.6. The smallest absolute Gasteiger partial charge is 0.246 e. The number of nitrogens with one attached hydrogen (secondary N) is 9. The summed E-state index contributed by atoms with van der Waals surface area (Å²) in [5.74, 6) is -6.39. The topological polar surface area (TPSA) is 363 Å². The van der Waals surface area contributed by atoms with Gasteiger partial charge >= 0.3 is 0 Å². The molecule has 10 amide bonds. The van der Waals surface area contributed by atoms with Gasteiger partial charge in [0.1, 0.15) is 71.3 Å². The maximum atomic E-state index is 15.8. The number of hydrogen-bond acceptors (Lipinski definition) is 15. The Morgan fingerprint density at radius 2 is 1.34 bits per heavy atom. The monoisotopic (exact) mass is 1460 g/mol. The summed E-state index contributed by atoms with van der Waals surface area (Å²) in [6.45, 7) is 3.35. The van der Waals surface area contributed by atoms with Crippen LogP contribution < -0.4 is 53.4 Å². The number of unbranched alkanes of at least 4 members (excludes halogenated alkanes) is 1. The average Bonchev–Trinajstić information content (AvgIpc) is 1.70. The molecule has 5 bridgehead atoms. The van der Waals surface area contributed by atoms with Gasteiger partial charge in [-0.1, -0.05) is 48.6 Å². The molecule has 4 aromatic carbocycles. The van der Waals surface area contributed by atoms with Gasteiger partial charge in [0, 0.05) is 102 Å². The quantitative estimate of drug-likeness (QED) is 0.0586. The molecule has 4 aliphatic heterocycles. The van der Waals surface area contributed by atoms with Crippen LogP contribution in [0.1, 0.15) is 106 Å². The number of ether oxygens (including phenoxy) is 2. The maximum absolute atomic E-state index is 15.8. The van der Waals surface area contributed by atoms with Crippen LogP contribution in [0, 0.1) is 11.6 Å². The number of amides is 10. The number of fused-ring (bicyclic) bond motifs is 8. The van der Waals surface area contributed by atoms with Crippen LogP contribution in [0.5, 0.6) is 5.75 Å². The predicted molar refractivity (Wildman–Crippen MR) is 387 cm³/mol. The highest BCUT2D eigenvalue weighted by Crippen LogP contribution is 2.33. The first-order valence-electron chi connectivity index (χ1n) is 34.9. The first-order valence-corrected chi connectivity index (χ1v) is 37.3. The number of primary amides is 1. The van der Waals surface area contributed by atoms with Crippen molar-refractivity contribution in [1.82, 2.24) is 57.0 Å². The van der Waals surface area contributed by atoms with Gasteiger partial charge in [0.15, 0.2) is 0 Å². The number of hydrogen-bond donors (Lipinski definition) is 11. The summed E-state index contributed by atoms with van der Waals surface area (Å²) in [7, 11) is 1.51. The third-order valence-electron chi connectivity index (χ3n) is 19.4. The fourth-order valence-corrected chi connectivity index (χ4v) is 15.5. The highest BCUT2D eigenvalue weighted by atomic mass is 32.2. The molecule has 2 aromatic heterocycles. The van der Waals surface area contributed by atoms with E-state index in [-0.39, 0.29) is 76.8 Å². The zero-order valence-corrected chi connectivity index (χ0v) is 59.6. The third-order valence-corrected chi connectivity index (χ3v) is 21.5. The molecule has 13 N–H and O–H groups in total. The number of H-pyrrole nitrogens is 2. The Morgan fingerprint density at radius 3 is 2.02 bits per heavy atom. The van der Waals surface area contributed by atoms with Gasteiger partial charge in [-0.2, -0.15) is 23.5 Å². The fraction of sp³-hybridized carbons (Fsp3) is 0.459. The van der Waals surface area contributed by atoms with Gasteiger partial charge in [-0.25, -0.2) is 8.78 Å². The molecule has 4 aliphatic rings. The molecular formula is C74H91F2N13O12S2. The van der Waals surface area contributed by atoms with E-state index in [4.69, 9.17) is 20.9 Å². The van der Waals surface area contributed by atoms with Crippen LogP contribution in [0.15, 0.2) is 109 Å². The molecule has 10 rings (SSSR count). The first kappa shape index (κ1) is 76.3. The Balaban J connectivity index is 0.999. The molecule has 0 saturated carbocycles. The van der Waals surface area contributed by atoms with Crippen LogP contribution in [-0.2, 0) is 83.5 Å². The Bertz CT molecular complexity index is 4100. The van der Waals surface area contributed by atoms with Crippen LogP contribution in [0.4, 0.5) is 8.78 Å². The van der Waals surface area contributed by atoms with Crippen LogP contribution >= 0.6 is 23.5 Å². The SMILES string of the molecule is COc1ccc(C[C@@H]2NC(=O)[C@@H]3CCC/C=C\CO[C@@H]4C[C@@H](C(=O)N3)N(C4)C(=O)[C@H](Cc3c[nH]c4ccc(F)cc34)NC(=O)[C@H](Cc3c[nH]c4ccc(F)cc34)NC(=O)[C@@H](C)NC(=O)[C@H](CCCCN)NC(=O)CCSCc3cccc(c3)CSC[C@@H](C(N)=O)NC(=O)[C@]3(C)CCCN3C2=O)cc1. The van der Waals surface area contributed by atoms with Crippen molar-refractivity contribution in [3.8, 4) is 5.75 Å². The molecule has 550 valence electrons. The minimum absolute atomic E-state index is 0.0379. The molecule has 25 nitrogen and oxygen atoms in total. The highest BCUT2D eigenvalue weighted by molar-refractivity contribution is 7.98. The van der Waals surface area contributed by atoms with Crippen LogP contribution in [0.2, 0.25) is 0 Å². The zero-order chi connectivity index (χ0) is 73.3. The average molecular weight is 1460 g/mol. The largest absolute Gasteiger partial charge is 0.497 e. The number of nitrogens with two attached hydrogens (primary N) is 2. The Morgan fingerprint density at radius 1 is 0.689 bits per heavy atom. The second-order valence-corrected chi connectivity index (χ2v) is 29.0. The number of benzene rings is 4. The number of rotatable bonds is 12. The van der Waals surface area contributed by atoms with Gasteiger partial charge in [0.2, 0.25) is 59.1 Å². The van der Waals surface area contributed by atoms with Crippen molar-refractivity contribution in [3.05, 3.63) is 149 Å². The standard InChI is InChI=1S/C74H91F2N13O12S2/c1-43-66(92)84-59(32-47-37-79-55-22-18-49(75)34-53(47)55)69(95)86-61(33-48-38-80-56-23-19-50(76)35-54(48)56)71(97)88-39-52-36-63(88)70(96)83-58(14-6-4-5-9-28-101-52)68(94)85-60(31-44-16-20-51(100-3)21-17-44)72(98)89-27-11-25-74(89,2)73(99)87-62(65(78)91)42-103-41-46-13-10-12-45(30-46)40-102-29-24-64(90)82-57(67(93)81-43)15-7-8-26-77/h5,9-10,12-13,16-23,30,34-35,37-38,43,52,57-63,79-80H,4,6-8,11,14-15,24-29,31-33,36,39-42,77H2,1-3H3,(H2,78,91)(H,81,93)(H,82,90)(H,83,96)(H,84,92)(H,85,94)(H,86,95)(H,87,99)/b9-5-/t43-,52-,57+,58+,59+,60+,61+,62+,63+,74+/m1/s1. The lowest BCUT2D eigenvalue weighted by Crippen LogP contribution is -2.63. The molecule has 0 radical (unpaired) electrons.